The Morgan fingerprint density at radius 2 is 2.33 bits per heavy atom. The molecule has 1 heterocycles. The number of ether oxygens (including phenoxy) is 1. The molecule has 0 unspecified atom stereocenters. The molecule has 0 atom stereocenters. The lowest BCUT2D eigenvalue weighted by atomic mass is 10.2. The highest BCUT2D eigenvalue weighted by molar-refractivity contribution is 9.11. The van der Waals surface area contributed by atoms with Crippen LogP contribution in [0.25, 0.3) is 10.2 Å². The summed E-state index contributed by atoms with van der Waals surface area (Å²) < 4.78 is 18.9. The molecule has 0 N–H and O–H groups in total. The van der Waals surface area contributed by atoms with E-state index in [4.69, 9.17) is 0 Å². The average molecular weight is 290 g/mol. The SMILES string of the molecule is COC(=O)c1cc(F)cc2nc(Br)sc12. The van der Waals surface area contributed by atoms with Crippen LogP contribution in [0.1, 0.15) is 10.4 Å². The average Bonchev–Trinajstić information content (AvgIpc) is 2.55. The summed E-state index contributed by atoms with van der Waals surface area (Å²) in [5.74, 6) is -1.06. The van der Waals surface area contributed by atoms with Crippen molar-refractivity contribution in [1.82, 2.24) is 4.98 Å². The lowest BCUT2D eigenvalue weighted by Crippen LogP contribution is -2.01. The van der Waals surface area contributed by atoms with Gasteiger partial charge in [0.1, 0.15) is 5.82 Å². The molecule has 1 aromatic carbocycles. The number of carbonyl (C=O) groups excluding carboxylic acids is 1. The molecule has 15 heavy (non-hydrogen) atoms. The lowest BCUT2D eigenvalue weighted by molar-refractivity contribution is 0.0602. The van der Waals surface area contributed by atoms with Gasteiger partial charge in [-0.3, -0.25) is 0 Å². The fraction of sp³-hybridized carbons (Fsp3) is 0.111. The van der Waals surface area contributed by atoms with Crippen molar-refractivity contribution in [3.8, 4) is 0 Å². The van der Waals surface area contributed by atoms with Gasteiger partial charge in [-0.2, -0.15) is 0 Å². The van der Waals surface area contributed by atoms with Crippen molar-refractivity contribution in [2.24, 2.45) is 0 Å². The van der Waals surface area contributed by atoms with Gasteiger partial charge in [0, 0.05) is 6.07 Å². The molecule has 2 rings (SSSR count). The summed E-state index contributed by atoms with van der Waals surface area (Å²) >= 11 is 4.46. The Morgan fingerprint density at radius 1 is 1.60 bits per heavy atom. The summed E-state index contributed by atoms with van der Waals surface area (Å²) in [4.78, 5) is 15.4. The number of esters is 1. The molecule has 0 radical (unpaired) electrons. The standard InChI is InChI=1S/C9H5BrFNO2S/c1-14-8(13)5-2-4(11)3-6-7(5)15-9(10)12-6/h2-3H,1H3. The Bertz CT molecular complexity index is 540. The van der Waals surface area contributed by atoms with Crippen molar-refractivity contribution in [3.05, 3.63) is 27.4 Å². The van der Waals surface area contributed by atoms with Crippen LogP contribution < -0.4 is 0 Å². The quantitative estimate of drug-likeness (QED) is 0.758. The molecule has 0 saturated heterocycles. The van der Waals surface area contributed by atoms with Crippen LogP contribution in [0.3, 0.4) is 0 Å². The van der Waals surface area contributed by atoms with Gasteiger partial charge in [-0.05, 0) is 22.0 Å². The first kappa shape index (κ1) is 10.5. The number of benzene rings is 1. The van der Waals surface area contributed by atoms with Crippen LogP contribution in [0.4, 0.5) is 4.39 Å². The second kappa shape index (κ2) is 3.86. The lowest BCUT2D eigenvalue weighted by Gasteiger charge is -1.99. The summed E-state index contributed by atoms with van der Waals surface area (Å²) in [5, 5.41) is 0. The zero-order valence-corrected chi connectivity index (χ0v) is 9.99. The maximum Gasteiger partial charge on any atom is 0.339 e. The maximum absolute atomic E-state index is 13.1. The van der Waals surface area contributed by atoms with E-state index in [-0.39, 0.29) is 5.56 Å². The summed E-state index contributed by atoms with van der Waals surface area (Å²) in [6.45, 7) is 0. The Labute approximate surface area is 97.0 Å². The number of rotatable bonds is 1. The third-order valence-corrected chi connectivity index (χ3v) is 3.39. The molecular formula is C9H5BrFNO2S. The van der Waals surface area contributed by atoms with Gasteiger partial charge in [-0.15, -0.1) is 11.3 Å². The van der Waals surface area contributed by atoms with Gasteiger partial charge in [0.05, 0.1) is 22.9 Å². The van der Waals surface area contributed by atoms with E-state index in [1.807, 2.05) is 0 Å². The van der Waals surface area contributed by atoms with E-state index >= 15 is 0 Å². The Balaban J connectivity index is 2.75. The highest BCUT2D eigenvalue weighted by Crippen LogP contribution is 2.30. The number of fused-ring (bicyclic) bond motifs is 1. The van der Waals surface area contributed by atoms with Gasteiger partial charge in [0.25, 0.3) is 0 Å². The number of methoxy groups -OCH3 is 1. The first-order valence-corrected chi connectivity index (χ1v) is 5.56. The van der Waals surface area contributed by atoms with E-state index in [0.29, 0.717) is 14.1 Å². The fourth-order valence-electron chi connectivity index (χ4n) is 1.23. The number of hydrogen-bond acceptors (Lipinski definition) is 4. The van der Waals surface area contributed by atoms with E-state index < -0.39 is 11.8 Å². The first-order valence-electron chi connectivity index (χ1n) is 3.95. The van der Waals surface area contributed by atoms with Gasteiger partial charge < -0.3 is 4.74 Å². The van der Waals surface area contributed by atoms with Gasteiger partial charge >= 0.3 is 5.97 Å². The van der Waals surface area contributed by atoms with Crippen molar-refractivity contribution in [2.45, 2.75) is 0 Å². The van der Waals surface area contributed by atoms with Crippen molar-refractivity contribution in [3.63, 3.8) is 0 Å². The van der Waals surface area contributed by atoms with Gasteiger partial charge in [-0.25, -0.2) is 14.2 Å². The Morgan fingerprint density at radius 3 is 3.00 bits per heavy atom. The van der Waals surface area contributed by atoms with E-state index in [0.717, 1.165) is 6.07 Å². The normalized spacial score (nSPS) is 10.6. The van der Waals surface area contributed by atoms with Gasteiger partial charge in [0.2, 0.25) is 0 Å². The molecule has 3 nitrogen and oxygen atoms in total. The molecule has 2 aromatic rings. The van der Waals surface area contributed by atoms with Crippen LogP contribution in [0.2, 0.25) is 0 Å². The van der Waals surface area contributed by atoms with E-state index in [1.54, 1.807) is 0 Å². The van der Waals surface area contributed by atoms with Crippen molar-refractivity contribution >= 4 is 43.5 Å². The molecule has 6 heteroatoms. The Kier molecular flexibility index (Phi) is 2.70. The molecule has 0 amide bonds. The number of halogens is 2. The fourth-order valence-corrected chi connectivity index (χ4v) is 2.68. The highest BCUT2D eigenvalue weighted by atomic mass is 79.9. The van der Waals surface area contributed by atoms with Crippen molar-refractivity contribution in [2.75, 3.05) is 7.11 Å². The van der Waals surface area contributed by atoms with E-state index in [2.05, 4.69) is 25.7 Å². The maximum atomic E-state index is 13.1. The van der Waals surface area contributed by atoms with Gasteiger partial charge in [-0.1, -0.05) is 0 Å². The largest absolute Gasteiger partial charge is 0.465 e. The van der Waals surface area contributed by atoms with Crippen LogP contribution >= 0.6 is 27.3 Å². The number of thiazole rings is 1. The molecule has 0 spiro atoms. The van der Waals surface area contributed by atoms with E-state index in [9.17, 15) is 9.18 Å². The van der Waals surface area contributed by atoms with Crippen LogP contribution in [0.5, 0.6) is 0 Å². The second-order valence-corrected chi connectivity index (χ2v) is 5.04. The molecule has 0 aliphatic heterocycles. The van der Waals surface area contributed by atoms with Crippen LogP contribution in [0, 0.1) is 5.82 Å². The molecule has 0 bridgehead atoms. The minimum atomic E-state index is -0.560. The molecule has 0 aliphatic rings. The molecule has 0 fully saturated rings. The molecule has 78 valence electrons. The number of hydrogen-bond donors (Lipinski definition) is 0. The number of nitrogens with zero attached hydrogens (tertiary/aromatic N) is 1. The van der Waals surface area contributed by atoms with E-state index in [1.165, 1.54) is 24.5 Å². The predicted molar refractivity (Wildman–Crippen MR) is 58.6 cm³/mol. The number of carbonyl (C=O) groups is 1. The predicted octanol–water partition coefficient (Wildman–Crippen LogP) is 2.98. The highest BCUT2D eigenvalue weighted by Gasteiger charge is 2.15. The monoisotopic (exact) mass is 289 g/mol. The second-order valence-electron chi connectivity index (χ2n) is 2.76. The van der Waals surface area contributed by atoms with Crippen molar-refractivity contribution in [1.29, 1.82) is 0 Å². The summed E-state index contributed by atoms with van der Waals surface area (Å²) in [7, 11) is 1.26. The van der Waals surface area contributed by atoms with Crippen LogP contribution in [-0.4, -0.2) is 18.1 Å². The minimum Gasteiger partial charge on any atom is -0.465 e. The molecule has 0 saturated carbocycles. The smallest absolute Gasteiger partial charge is 0.339 e. The van der Waals surface area contributed by atoms with Crippen LogP contribution in [-0.2, 0) is 4.74 Å². The number of aromatic nitrogens is 1. The topological polar surface area (TPSA) is 39.2 Å². The summed E-state index contributed by atoms with van der Waals surface area (Å²) in [6, 6.07) is 2.43. The zero-order valence-electron chi connectivity index (χ0n) is 7.58. The molecule has 0 aliphatic carbocycles. The molecular weight excluding hydrogens is 285 g/mol. The zero-order chi connectivity index (χ0) is 11.0. The third-order valence-electron chi connectivity index (χ3n) is 1.83. The van der Waals surface area contributed by atoms with Gasteiger partial charge in [0.15, 0.2) is 3.92 Å². The Hall–Kier alpha value is -1.01. The first-order chi connectivity index (χ1) is 7.11. The molecule has 1 aromatic heterocycles. The third kappa shape index (κ3) is 1.87. The van der Waals surface area contributed by atoms with Crippen molar-refractivity contribution < 1.29 is 13.9 Å². The van der Waals surface area contributed by atoms with Crippen LogP contribution in [0.15, 0.2) is 16.0 Å². The summed E-state index contributed by atoms with van der Waals surface area (Å²) in [6.07, 6.45) is 0. The minimum absolute atomic E-state index is 0.204. The summed E-state index contributed by atoms with van der Waals surface area (Å²) in [5.41, 5.74) is 0.656.